The number of non-ortho nitro benzene ring substituents is 1. The molecule has 140 valence electrons. The van der Waals surface area contributed by atoms with E-state index in [1.807, 2.05) is 17.5 Å². The fourth-order valence-electron chi connectivity index (χ4n) is 2.59. The van der Waals surface area contributed by atoms with Crippen molar-refractivity contribution in [2.24, 2.45) is 5.92 Å². The minimum atomic E-state index is -0.463. The van der Waals surface area contributed by atoms with Crippen LogP contribution in [0.25, 0.3) is 16.3 Å². The lowest BCUT2D eigenvalue weighted by Crippen LogP contribution is -2.27. The molecule has 7 nitrogen and oxygen atoms in total. The second kappa shape index (κ2) is 8.13. The number of rotatable bonds is 7. The Bertz CT molecular complexity index is 948. The zero-order valence-corrected chi connectivity index (χ0v) is 15.9. The summed E-state index contributed by atoms with van der Waals surface area (Å²) >= 11 is 1.52. The molecule has 1 aromatic carbocycles. The molecule has 3 rings (SSSR count). The van der Waals surface area contributed by atoms with E-state index in [-0.39, 0.29) is 11.6 Å². The standard InChI is InChI=1S/C19H20N4O3S/c1-13(2)8-9-20-19(24)17-12-16(18-7-4-10-27-18)21-22(17)14-5-3-6-15(11-14)23(25)26/h3-7,10-13H,8-9H2,1-2H3,(H,20,24). The third-order valence-electron chi connectivity index (χ3n) is 4.01. The molecule has 0 spiro atoms. The number of amides is 1. The van der Waals surface area contributed by atoms with Gasteiger partial charge in [-0.1, -0.05) is 26.0 Å². The van der Waals surface area contributed by atoms with E-state index in [9.17, 15) is 14.9 Å². The van der Waals surface area contributed by atoms with Gasteiger partial charge in [0.25, 0.3) is 11.6 Å². The number of nitro benzene ring substituents is 1. The molecular weight excluding hydrogens is 364 g/mol. The lowest BCUT2D eigenvalue weighted by atomic mass is 10.1. The van der Waals surface area contributed by atoms with E-state index in [2.05, 4.69) is 24.3 Å². The Balaban J connectivity index is 1.99. The van der Waals surface area contributed by atoms with Gasteiger partial charge in [0, 0.05) is 18.7 Å². The fourth-order valence-corrected chi connectivity index (χ4v) is 3.27. The first kappa shape index (κ1) is 18.8. The minimum absolute atomic E-state index is 0.0492. The van der Waals surface area contributed by atoms with E-state index in [0.717, 1.165) is 11.3 Å². The highest BCUT2D eigenvalue weighted by Crippen LogP contribution is 2.26. The molecule has 2 aromatic heterocycles. The average molecular weight is 384 g/mol. The molecule has 0 aliphatic carbocycles. The average Bonchev–Trinajstić information content (AvgIpc) is 3.31. The Morgan fingerprint density at radius 1 is 1.30 bits per heavy atom. The van der Waals surface area contributed by atoms with Gasteiger partial charge in [-0.05, 0) is 35.9 Å². The highest BCUT2D eigenvalue weighted by molar-refractivity contribution is 7.13. The third kappa shape index (κ3) is 4.40. The van der Waals surface area contributed by atoms with Crippen LogP contribution in [-0.4, -0.2) is 27.2 Å². The number of carbonyl (C=O) groups excluding carboxylic acids is 1. The number of thiophene rings is 1. The largest absolute Gasteiger partial charge is 0.351 e. The van der Waals surface area contributed by atoms with Crippen molar-refractivity contribution in [2.45, 2.75) is 20.3 Å². The van der Waals surface area contributed by atoms with Crippen LogP contribution in [0.2, 0.25) is 0 Å². The Hall–Kier alpha value is -3.00. The molecule has 0 radical (unpaired) electrons. The van der Waals surface area contributed by atoms with Crippen LogP contribution in [0.15, 0.2) is 47.8 Å². The minimum Gasteiger partial charge on any atom is -0.351 e. The van der Waals surface area contributed by atoms with Crippen LogP contribution in [0, 0.1) is 16.0 Å². The number of carbonyl (C=O) groups is 1. The van der Waals surface area contributed by atoms with E-state index in [1.54, 1.807) is 18.2 Å². The molecule has 2 heterocycles. The zero-order valence-electron chi connectivity index (χ0n) is 15.1. The lowest BCUT2D eigenvalue weighted by molar-refractivity contribution is -0.384. The molecule has 0 atom stereocenters. The van der Waals surface area contributed by atoms with Gasteiger partial charge in [0.05, 0.1) is 15.5 Å². The second-order valence-corrected chi connectivity index (χ2v) is 7.47. The van der Waals surface area contributed by atoms with Crippen molar-refractivity contribution in [3.63, 3.8) is 0 Å². The van der Waals surface area contributed by atoms with Gasteiger partial charge in [-0.2, -0.15) is 5.10 Å². The van der Waals surface area contributed by atoms with Gasteiger partial charge in [-0.3, -0.25) is 14.9 Å². The summed E-state index contributed by atoms with van der Waals surface area (Å²) < 4.78 is 1.47. The fraction of sp³-hybridized carbons (Fsp3) is 0.263. The molecule has 0 fully saturated rings. The predicted octanol–water partition coefficient (Wildman–Crippen LogP) is 4.28. The van der Waals surface area contributed by atoms with Gasteiger partial charge in [0.15, 0.2) is 0 Å². The van der Waals surface area contributed by atoms with Crippen molar-refractivity contribution in [3.8, 4) is 16.3 Å². The van der Waals surface area contributed by atoms with Crippen molar-refractivity contribution in [3.05, 3.63) is 63.7 Å². The summed E-state index contributed by atoms with van der Waals surface area (Å²) in [6.07, 6.45) is 0.870. The Morgan fingerprint density at radius 2 is 2.11 bits per heavy atom. The van der Waals surface area contributed by atoms with Crippen LogP contribution in [-0.2, 0) is 0 Å². The van der Waals surface area contributed by atoms with Crippen LogP contribution >= 0.6 is 11.3 Å². The molecule has 0 aliphatic rings. The zero-order chi connectivity index (χ0) is 19.4. The Kier molecular flexibility index (Phi) is 5.66. The van der Waals surface area contributed by atoms with Gasteiger partial charge in [-0.25, -0.2) is 4.68 Å². The molecule has 0 aliphatic heterocycles. The summed E-state index contributed by atoms with van der Waals surface area (Å²) in [5, 5.41) is 20.5. The van der Waals surface area contributed by atoms with E-state index in [4.69, 9.17) is 0 Å². The van der Waals surface area contributed by atoms with Crippen LogP contribution in [0.5, 0.6) is 0 Å². The second-order valence-electron chi connectivity index (χ2n) is 6.52. The van der Waals surface area contributed by atoms with Crippen LogP contribution in [0.1, 0.15) is 30.8 Å². The van der Waals surface area contributed by atoms with E-state index in [1.165, 1.54) is 28.2 Å². The summed E-state index contributed by atoms with van der Waals surface area (Å²) in [4.78, 5) is 24.3. The number of benzene rings is 1. The van der Waals surface area contributed by atoms with Crippen LogP contribution in [0.4, 0.5) is 5.69 Å². The molecule has 0 saturated heterocycles. The van der Waals surface area contributed by atoms with Crippen molar-refractivity contribution in [1.29, 1.82) is 0 Å². The molecule has 0 unspecified atom stereocenters. The molecule has 8 heteroatoms. The predicted molar refractivity (Wildman–Crippen MR) is 105 cm³/mol. The molecule has 1 N–H and O–H groups in total. The first-order chi connectivity index (χ1) is 13.0. The smallest absolute Gasteiger partial charge is 0.271 e. The summed E-state index contributed by atoms with van der Waals surface area (Å²) in [5.41, 5.74) is 1.43. The Morgan fingerprint density at radius 3 is 2.78 bits per heavy atom. The first-order valence-electron chi connectivity index (χ1n) is 8.62. The highest BCUT2D eigenvalue weighted by Gasteiger charge is 2.19. The van der Waals surface area contributed by atoms with Crippen LogP contribution < -0.4 is 5.32 Å². The molecular formula is C19H20N4O3S. The van der Waals surface area contributed by atoms with Gasteiger partial charge < -0.3 is 5.32 Å². The van der Waals surface area contributed by atoms with Crippen LogP contribution in [0.3, 0.4) is 0 Å². The first-order valence-corrected chi connectivity index (χ1v) is 9.50. The molecule has 27 heavy (non-hydrogen) atoms. The normalized spacial score (nSPS) is 10.9. The molecule has 1 amide bonds. The number of nitrogens with one attached hydrogen (secondary N) is 1. The quantitative estimate of drug-likeness (QED) is 0.486. The summed E-state index contributed by atoms with van der Waals surface area (Å²) in [5.74, 6) is 0.228. The van der Waals surface area contributed by atoms with Gasteiger partial charge >= 0.3 is 0 Å². The summed E-state index contributed by atoms with van der Waals surface area (Å²) in [6.45, 7) is 4.74. The maximum absolute atomic E-state index is 12.7. The monoisotopic (exact) mass is 384 g/mol. The maximum atomic E-state index is 12.7. The SMILES string of the molecule is CC(C)CCNC(=O)c1cc(-c2cccs2)nn1-c1cccc([N+](=O)[O-])c1. The van der Waals surface area contributed by atoms with Gasteiger partial charge in [0.2, 0.25) is 0 Å². The topological polar surface area (TPSA) is 90.1 Å². The van der Waals surface area contributed by atoms with E-state index >= 15 is 0 Å². The number of hydrogen-bond donors (Lipinski definition) is 1. The van der Waals surface area contributed by atoms with E-state index in [0.29, 0.717) is 29.5 Å². The number of nitrogens with zero attached hydrogens (tertiary/aromatic N) is 3. The van der Waals surface area contributed by atoms with Crippen molar-refractivity contribution in [1.82, 2.24) is 15.1 Å². The number of aromatic nitrogens is 2. The van der Waals surface area contributed by atoms with Crippen molar-refractivity contribution in [2.75, 3.05) is 6.54 Å². The Labute approximate surface area is 160 Å². The van der Waals surface area contributed by atoms with Gasteiger partial charge in [-0.15, -0.1) is 11.3 Å². The molecule has 3 aromatic rings. The molecule has 0 saturated carbocycles. The lowest BCUT2D eigenvalue weighted by Gasteiger charge is -2.09. The van der Waals surface area contributed by atoms with Crippen molar-refractivity contribution >= 4 is 22.9 Å². The molecule has 0 bridgehead atoms. The van der Waals surface area contributed by atoms with E-state index < -0.39 is 4.92 Å². The number of hydrogen-bond acceptors (Lipinski definition) is 5. The highest BCUT2D eigenvalue weighted by atomic mass is 32.1. The van der Waals surface area contributed by atoms with Gasteiger partial charge in [0.1, 0.15) is 11.4 Å². The van der Waals surface area contributed by atoms with Crippen molar-refractivity contribution < 1.29 is 9.72 Å². The number of nitro groups is 1. The third-order valence-corrected chi connectivity index (χ3v) is 4.90. The summed E-state index contributed by atoms with van der Waals surface area (Å²) in [6, 6.07) is 11.7. The summed E-state index contributed by atoms with van der Waals surface area (Å²) in [7, 11) is 0. The maximum Gasteiger partial charge on any atom is 0.271 e.